The van der Waals surface area contributed by atoms with Crippen LogP contribution in [-0.2, 0) is 35.2 Å². The van der Waals surface area contributed by atoms with Crippen LogP contribution in [0.2, 0.25) is 0 Å². The molecule has 1 aliphatic carbocycles. The first-order valence-electron chi connectivity index (χ1n) is 19.5. The fraction of sp³-hybridized carbons (Fsp3) is 0.500. The Morgan fingerprint density at radius 3 is 1.93 bits per heavy atom. The molecular formula is C42H54N4O12. The van der Waals surface area contributed by atoms with Gasteiger partial charge in [0.1, 0.15) is 0 Å². The number of carboxylic acid groups (broad SMARTS) is 2. The number of benzene rings is 2. The maximum atomic E-state index is 14.2. The number of hydrogen-bond donors (Lipinski definition) is 9. The summed E-state index contributed by atoms with van der Waals surface area (Å²) in [6.45, 7) is 6.93. The highest BCUT2D eigenvalue weighted by Gasteiger charge is 2.36. The van der Waals surface area contributed by atoms with E-state index in [0.717, 1.165) is 28.6 Å². The summed E-state index contributed by atoms with van der Waals surface area (Å²) in [5.74, 6) is -10.8. The summed E-state index contributed by atoms with van der Waals surface area (Å²) in [5.41, 5.74) is 1.56. The standard InChI is InChI=1S/C42H54N4O12/c1-21(2)28(41(56)46-32(18-37(51)52)34(48)17-29(22(3)4)42(57)58)16-33(47)31(13-26-20-43-30-8-6-5-7-27(26)30)45-40(55)24-11-9-23(10-12-24)19-44-39(54)25-14-35(49)38(53)36(50)15-25/h5-8,14-15,20-24,28-29,31-32,43,49-50,53H,9-13,16-19H2,1-4H3,(H,44,54)(H,45,55)(H,46,56)(H,51,52)(H,57,58)/t23?,24?,28-,29-,31+,32+/m1/s1. The number of carboxylic acids is 2. The molecule has 1 saturated carbocycles. The Morgan fingerprint density at radius 2 is 1.34 bits per heavy atom. The second-order valence-corrected chi connectivity index (χ2v) is 16.0. The van der Waals surface area contributed by atoms with Crippen molar-refractivity contribution < 1.29 is 59.1 Å². The number of fused-ring (bicyclic) bond motifs is 1. The second kappa shape index (κ2) is 20.0. The van der Waals surface area contributed by atoms with Gasteiger partial charge >= 0.3 is 11.9 Å². The van der Waals surface area contributed by atoms with E-state index in [2.05, 4.69) is 20.9 Å². The zero-order chi connectivity index (χ0) is 42.8. The Hall–Kier alpha value is -5.93. The zero-order valence-corrected chi connectivity index (χ0v) is 33.1. The van der Waals surface area contributed by atoms with Gasteiger partial charge < -0.3 is 46.5 Å². The van der Waals surface area contributed by atoms with E-state index in [1.807, 2.05) is 24.3 Å². The van der Waals surface area contributed by atoms with Crippen LogP contribution in [-0.4, -0.2) is 90.4 Å². The van der Waals surface area contributed by atoms with Gasteiger partial charge in [0.2, 0.25) is 11.8 Å². The van der Waals surface area contributed by atoms with Gasteiger partial charge in [-0.15, -0.1) is 0 Å². The van der Waals surface area contributed by atoms with Crippen LogP contribution in [0.4, 0.5) is 0 Å². The van der Waals surface area contributed by atoms with E-state index >= 15 is 0 Å². The van der Waals surface area contributed by atoms with Crippen LogP contribution in [0.5, 0.6) is 17.2 Å². The van der Waals surface area contributed by atoms with Crippen LogP contribution in [0.3, 0.4) is 0 Å². The summed E-state index contributed by atoms with van der Waals surface area (Å²) in [6.07, 6.45) is 2.39. The number of aromatic nitrogens is 1. The number of phenols is 3. The number of aromatic hydroxyl groups is 3. The molecule has 314 valence electrons. The fourth-order valence-electron chi connectivity index (χ4n) is 7.41. The lowest BCUT2D eigenvalue weighted by Gasteiger charge is -2.30. The minimum absolute atomic E-state index is 0.0264. The van der Waals surface area contributed by atoms with Gasteiger partial charge in [-0.25, -0.2) is 0 Å². The largest absolute Gasteiger partial charge is 0.504 e. The molecule has 0 spiro atoms. The molecule has 4 atom stereocenters. The SMILES string of the molecule is CC(C)[C@@H](CC(=O)[C@H](CC(=O)O)NC(=O)[C@H](CC(=O)[C@H](Cc1c[nH]c2ccccc12)NC(=O)C1CCC(CNC(=O)c2cc(O)c(O)c(O)c2)CC1)C(C)C)C(=O)O. The minimum Gasteiger partial charge on any atom is -0.504 e. The van der Waals surface area contributed by atoms with Crippen molar-refractivity contribution in [2.24, 2.45) is 35.5 Å². The Bertz CT molecular complexity index is 1970. The summed E-state index contributed by atoms with van der Waals surface area (Å²) in [5, 5.41) is 57.2. The average molecular weight is 807 g/mol. The Labute approximate surface area is 335 Å². The molecule has 1 heterocycles. The first-order chi connectivity index (χ1) is 27.4. The van der Waals surface area contributed by atoms with Crippen LogP contribution >= 0.6 is 0 Å². The molecule has 4 rings (SSSR count). The second-order valence-electron chi connectivity index (χ2n) is 16.0. The van der Waals surface area contributed by atoms with Crippen LogP contribution in [0.1, 0.15) is 88.6 Å². The number of carbonyl (C=O) groups excluding carboxylic acids is 5. The molecule has 0 bridgehead atoms. The molecule has 16 heteroatoms. The van der Waals surface area contributed by atoms with E-state index in [0.29, 0.717) is 25.7 Å². The van der Waals surface area contributed by atoms with Crippen molar-refractivity contribution in [3.05, 3.63) is 53.7 Å². The van der Waals surface area contributed by atoms with Gasteiger partial charge in [0.15, 0.2) is 28.8 Å². The Morgan fingerprint density at radius 1 is 0.759 bits per heavy atom. The quantitative estimate of drug-likeness (QED) is 0.0732. The number of para-hydroxylation sites is 1. The monoisotopic (exact) mass is 806 g/mol. The number of ketones is 2. The van der Waals surface area contributed by atoms with Gasteiger partial charge in [-0.2, -0.15) is 0 Å². The summed E-state index contributed by atoms with van der Waals surface area (Å²) in [4.78, 5) is 94.2. The third kappa shape index (κ3) is 11.8. The third-order valence-electron chi connectivity index (χ3n) is 11.1. The fourth-order valence-corrected chi connectivity index (χ4v) is 7.41. The summed E-state index contributed by atoms with van der Waals surface area (Å²) < 4.78 is 0. The number of carbonyl (C=O) groups is 7. The maximum absolute atomic E-state index is 14.2. The average Bonchev–Trinajstić information content (AvgIpc) is 3.58. The number of nitrogens with one attached hydrogen (secondary N) is 4. The molecular weight excluding hydrogens is 752 g/mol. The van der Waals surface area contributed by atoms with E-state index in [4.69, 9.17) is 0 Å². The summed E-state index contributed by atoms with van der Waals surface area (Å²) >= 11 is 0. The van der Waals surface area contributed by atoms with E-state index < -0.39 is 107 Å². The molecule has 2 aromatic carbocycles. The van der Waals surface area contributed by atoms with E-state index in [9.17, 15) is 59.1 Å². The van der Waals surface area contributed by atoms with Gasteiger partial charge in [-0.3, -0.25) is 33.6 Å². The third-order valence-corrected chi connectivity index (χ3v) is 11.1. The molecule has 1 aromatic heterocycles. The molecule has 16 nitrogen and oxygen atoms in total. The van der Waals surface area contributed by atoms with Crippen LogP contribution in [0.15, 0.2) is 42.6 Å². The van der Waals surface area contributed by atoms with E-state index in [-0.39, 0.29) is 36.8 Å². The van der Waals surface area contributed by atoms with Crippen molar-refractivity contribution in [1.29, 1.82) is 0 Å². The van der Waals surface area contributed by atoms with Crippen molar-refractivity contribution in [2.45, 2.75) is 91.1 Å². The highest BCUT2D eigenvalue weighted by molar-refractivity contribution is 5.97. The smallest absolute Gasteiger partial charge is 0.307 e. The first-order valence-corrected chi connectivity index (χ1v) is 19.5. The lowest BCUT2D eigenvalue weighted by atomic mass is 9.81. The van der Waals surface area contributed by atoms with Crippen molar-refractivity contribution in [3.63, 3.8) is 0 Å². The number of H-pyrrole nitrogens is 1. The van der Waals surface area contributed by atoms with Crippen LogP contribution in [0.25, 0.3) is 10.9 Å². The summed E-state index contributed by atoms with van der Waals surface area (Å²) in [7, 11) is 0. The number of phenolic OH excluding ortho intramolecular Hbond substituents is 3. The van der Waals surface area contributed by atoms with E-state index in [1.54, 1.807) is 33.9 Å². The maximum Gasteiger partial charge on any atom is 0.307 e. The van der Waals surface area contributed by atoms with Crippen molar-refractivity contribution in [1.82, 2.24) is 20.9 Å². The van der Waals surface area contributed by atoms with Crippen molar-refractivity contribution >= 4 is 52.1 Å². The van der Waals surface area contributed by atoms with Gasteiger partial charge in [-0.05, 0) is 67.2 Å². The number of amides is 3. The highest BCUT2D eigenvalue weighted by Crippen LogP contribution is 2.35. The lowest BCUT2D eigenvalue weighted by molar-refractivity contribution is -0.146. The molecule has 1 fully saturated rings. The predicted molar refractivity (Wildman–Crippen MR) is 211 cm³/mol. The zero-order valence-electron chi connectivity index (χ0n) is 33.1. The van der Waals surface area contributed by atoms with Gasteiger partial charge in [0, 0.05) is 60.3 Å². The molecule has 0 saturated heterocycles. The van der Waals surface area contributed by atoms with E-state index in [1.165, 1.54) is 0 Å². The molecule has 0 unspecified atom stereocenters. The van der Waals surface area contributed by atoms with Crippen LogP contribution in [0, 0.1) is 35.5 Å². The normalized spacial score (nSPS) is 17.6. The highest BCUT2D eigenvalue weighted by atomic mass is 16.4. The molecule has 0 aliphatic heterocycles. The minimum atomic E-state index is -1.51. The Balaban J connectivity index is 1.45. The molecule has 3 aromatic rings. The predicted octanol–water partition coefficient (Wildman–Crippen LogP) is 4.06. The topological polar surface area (TPSA) is 273 Å². The van der Waals surface area contributed by atoms with Crippen molar-refractivity contribution in [2.75, 3.05) is 6.54 Å². The van der Waals surface area contributed by atoms with Gasteiger partial charge in [0.05, 0.1) is 24.4 Å². The number of aliphatic carboxylic acids is 2. The van der Waals surface area contributed by atoms with Crippen LogP contribution < -0.4 is 16.0 Å². The van der Waals surface area contributed by atoms with Gasteiger partial charge in [0.25, 0.3) is 5.91 Å². The Kier molecular flexibility index (Phi) is 15.4. The number of aromatic amines is 1. The molecule has 1 aliphatic rings. The summed E-state index contributed by atoms with van der Waals surface area (Å²) in [6, 6.07) is 6.99. The van der Waals surface area contributed by atoms with Gasteiger partial charge in [-0.1, -0.05) is 45.9 Å². The number of rotatable bonds is 20. The lowest BCUT2D eigenvalue weighted by Crippen LogP contribution is -2.49. The molecule has 0 radical (unpaired) electrons. The molecule has 58 heavy (non-hydrogen) atoms. The molecule has 3 amide bonds. The molecule has 9 N–H and O–H groups in total. The van der Waals surface area contributed by atoms with Crippen molar-refractivity contribution in [3.8, 4) is 17.2 Å². The number of hydrogen-bond acceptors (Lipinski definition) is 10. The number of Topliss-reactive ketones (excluding diaryl/α,β-unsaturated/α-hetero) is 2. The first kappa shape index (κ1) is 44.8.